The lowest BCUT2D eigenvalue weighted by Crippen LogP contribution is -2.21. The number of anilines is 1. The number of nitrogen functional groups attached to an aromatic ring is 1. The smallest absolute Gasteiger partial charge is 0.151 e. The standard InChI is InChI=1S/C17H27N5O/c1-2-3-4-5-6-12-8-22(10-14(12)23)9-13-7-19-16-15(13)20-11-21-17(16)18/h7,11-12,14,19,23H,2-6,8-10H2,1H3,(H2,18,20,21). The second-order valence-electron chi connectivity index (χ2n) is 6.67. The van der Waals surface area contributed by atoms with Crippen LogP contribution in [0.4, 0.5) is 5.82 Å². The van der Waals surface area contributed by atoms with E-state index in [9.17, 15) is 5.11 Å². The zero-order valence-corrected chi connectivity index (χ0v) is 13.8. The summed E-state index contributed by atoms with van der Waals surface area (Å²) in [7, 11) is 0. The average molecular weight is 317 g/mol. The molecular weight excluding hydrogens is 290 g/mol. The number of H-pyrrole nitrogens is 1. The number of aliphatic hydroxyl groups is 1. The van der Waals surface area contributed by atoms with Gasteiger partial charge >= 0.3 is 0 Å². The van der Waals surface area contributed by atoms with Crippen molar-refractivity contribution in [3.8, 4) is 0 Å². The number of nitrogens with zero attached hydrogens (tertiary/aromatic N) is 3. The number of hydrogen-bond donors (Lipinski definition) is 3. The monoisotopic (exact) mass is 317 g/mol. The van der Waals surface area contributed by atoms with Gasteiger partial charge in [-0.25, -0.2) is 9.97 Å². The van der Waals surface area contributed by atoms with Gasteiger partial charge in [-0.2, -0.15) is 0 Å². The number of aromatic amines is 1. The molecule has 4 N–H and O–H groups in total. The summed E-state index contributed by atoms with van der Waals surface area (Å²) in [6.45, 7) is 4.72. The maximum atomic E-state index is 10.3. The molecule has 23 heavy (non-hydrogen) atoms. The van der Waals surface area contributed by atoms with Crippen LogP contribution in [0.3, 0.4) is 0 Å². The molecule has 1 fully saturated rings. The van der Waals surface area contributed by atoms with Gasteiger partial charge in [0.25, 0.3) is 0 Å². The Labute approximate surface area is 137 Å². The first-order chi connectivity index (χ1) is 11.2. The molecule has 1 aliphatic rings. The van der Waals surface area contributed by atoms with Gasteiger partial charge in [0.2, 0.25) is 0 Å². The summed E-state index contributed by atoms with van der Waals surface area (Å²) in [6.07, 6.45) is 9.43. The Kier molecular flexibility index (Phi) is 5.13. The highest BCUT2D eigenvalue weighted by atomic mass is 16.3. The highest BCUT2D eigenvalue weighted by Crippen LogP contribution is 2.26. The zero-order chi connectivity index (χ0) is 16.2. The molecule has 0 aromatic carbocycles. The third-order valence-electron chi connectivity index (χ3n) is 4.88. The first-order valence-electron chi connectivity index (χ1n) is 8.66. The van der Waals surface area contributed by atoms with Gasteiger partial charge in [0, 0.05) is 31.4 Å². The van der Waals surface area contributed by atoms with Gasteiger partial charge in [0.05, 0.1) is 11.6 Å². The lowest BCUT2D eigenvalue weighted by molar-refractivity contribution is 0.136. The Hall–Kier alpha value is -1.66. The number of unbranched alkanes of at least 4 members (excludes halogenated alkanes) is 3. The number of nitrogens with two attached hydrogens (primary N) is 1. The van der Waals surface area contributed by atoms with Crippen LogP contribution in [0.2, 0.25) is 0 Å². The number of aliphatic hydroxyl groups excluding tert-OH is 1. The third kappa shape index (κ3) is 3.64. The fourth-order valence-electron chi connectivity index (χ4n) is 3.56. The van der Waals surface area contributed by atoms with E-state index >= 15 is 0 Å². The van der Waals surface area contributed by atoms with Crippen molar-refractivity contribution in [1.29, 1.82) is 0 Å². The second kappa shape index (κ2) is 7.27. The quantitative estimate of drug-likeness (QED) is 0.682. The van der Waals surface area contributed by atoms with Gasteiger partial charge in [-0.3, -0.25) is 4.90 Å². The molecule has 2 atom stereocenters. The summed E-state index contributed by atoms with van der Waals surface area (Å²) in [5.74, 6) is 0.883. The molecule has 0 amide bonds. The minimum atomic E-state index is -0.207. The van der Waals surface area contributed by atoms with Crippen LogP contribution >= 0.6 is 0 Å². The van der Waals surface area contributed by atoms with Crippen LogP contribution in [0, 0.1) is 5.92 Å². The van der Waals surface area contributed by atoms with E-state index in [1.807, 2.05) is 6.20 Å². The van der Waals surface area contributed by atoms with Crippen LogP contribution in [0.5, 0.6) is 0 Å². The number of fused-ring (bicyclic) bond motifs is 1. The van der Waals surface area contributed by atoms with Gasteiger partial charge in [-0.15, -0.1) is 0 Å². The second-order valence-corrected chi connectivity index (χ2v) is 6.67. The predicted octanol–water partition coefficient (Wildman–Crippen LogP) is 2.30. The number of nitrogens with one attached hydrogen (secondary N) is 1. The molecule has 0 aliphatic carbocycles. The van der Waals surface area contributed by atoms with Crippen LogP contribution in [0.15, 0.2) is 12.5 Å². The van der Waals surface area contributed by atoms with E-state index in [0.29, 0.717) is 11.7 Å². The van der Waals surface area contributed by atoms with Crippen LogP contribution in [0.25, 0.3) is 11.0 Å². The van der Waals surface area contributed by atoms with E-state index in [4.69, 9.17) is 5.73 Å². The van der Waals surface area contributed by atoms with Gasteiger partial charge in [0.1, 0.15) is 11.8 Å². The number of aromatic nitrogens is 3. The molecule has 126 valence electrons. The number of likely N-dealkylation sites (tertiary alicyclic amines) is 1. The van der Waals surface area contributed by atoms with Crippen molar-refractivity contribution in [1.82, 2.24) is 19.9 Å². The molecule has 3 rings (SSSR count). The van der Waals surface area contributed by atoms with Gasteiger partial charge in [-0.1, -0.05) is 32.6 Å². The Balaban J connectivity index is 1.59. The predicted molar refractivity (Wildman–Crippen MR) is 91.8 cm³/mol. The van der Waals surface area contributed by atoms with Crippen molar-refractivity contribution in [2.75, 3.05) is 18.8 Å². The summed E-state index contributed by atoms with van der Waals surface area (Å²) >= 11 is 0. The molecule has 2 unspecified atom stereocenters. The van der Waals surface area contributed by atoms with Gasteiger partial charge in [-0.05, 0) is 12.3 Å². The van der Waals surface area contributed by atoms with E-state index < -0.39 is 0 Å². The first-order valence-corrected chi connectivity index (χ1v) is 8.66. The molecule has 6 heteroatoms. The third-order valence-corrected chi connectivity index (χ3v) is 4.88. The van der Waals surface area contributed by atoms with Crippen LogP contribution in [0.1, 0.15) is 44.6 Å². The topological polar surface area (TPSA) is 91.1 Å². The van der Waals surface area contributed by atoms with Crippen LogP contribution < -0.4 is 5.73 Å². The summed E-state index contributed by atoms with van der Waals surface area (Å²) in [4.78, 5) is 13.8. The molecule has 0 spiro atoms. The molecule has 2 aromatic rings. The Morgan fingerprint density at radius 1 is 1.30 bits per heavy atom. The molecule has 0 saturated carbocycles. The lowest BCUT2D eigenvalue weighted by atomic mass is 9.98. The van der Waals surface area contributed by atoms with Gasteiger partial charge in [0.15, 0.2) is 5.82 Å². The molecular formula is C17H27N5O. The fourth-order valence-corrected chi connectivity index (χ4v) is 3.56. The van der Waals surface area contributed by atoms with Crippen LogP contribution in [-0.2, 0) is 6.54 Å². The van der Waals surface area contributed by atoms with Crippen molar-refractivity contribution in [2.45, 2.75) is 51.7 Å². The minimum absolute atomic E-state index is 0.207. The van der Waals surface area contributed by atoms with Crippen molar-refractivity contribution in [2.24, 2.45) is 5.92 Å². The lowest BCUT2D eigenvalue weighted by Gasteiger charge is -2.15. The van der Waals surface area contributed by atoms with Crippen molar-refractivity contribution in [3.63, 3.8) is 0 Å². The number of rotatable bonds is 7. The fraction of sp³-hybridized carbons (Fsp3) is 0.647. The molecule has 0 radical (unpaired) electrons. The van der Waals surface area contributed by atoms with E-state index in [-0.39, 0.29) is 6.10 Å². The van der Waals surface area contributed by atoms with Crippen molar-refractivity contribution < 1.29 is 5.11 Å². The maximum Gasteiger partial charge on any atom is 0.151 e. The SMILES string of the molecule is CCCCCCC1CN(Cc2c[nH]c3c(N)ncnc23)CC1O. The zero-order valence-electron chi connectivity index (χ0n) is 13.8. The van der Waals surface area contributed by atoms with E-state index in [1.54, 1.807) is 0 Å². The highest BCUT2D eigenvalue weighted by Gasteiger charge is 2.31. The first kappa shape index (κ1) is 16.2. The van der Waals surface area contributed by atoms with E-state index in [1.165, 1.54) is 32.0 Å². The Morgan fingerprint density at radius 2 is 2.17 bits per heavy atom. The molecule has 2 aromatic heterocycles. The van der Waals surface area contributed by atoms with Crippen LogP contribution in [-0.4, -0.2) is 44.2 Å². The summed E-state index contributed by atoms with van der Waals surface area (Å²) in [5.41, 5.74) is 8.68. The molecule has 6 nitrogen and oxygen atoms in total. The molecule has 1 aliphatic heterocycles. The highest BCUT2D eigenvalue weighted by molar-refractivity contribution is 5.86. The minimum Gasteiger partial charge on any atom is -0.391 e. The molecule has 3 heterocycles. The average Bonchev–Trinajstić information content (AvgIpc) is 3.09. The molecule has 1 saturated heterocycles. The molecule has 0 bridgehead atoms. The van der Waals surface area contributed by atoms with E-state index in [2.05, 4.69) is 26.8 Å². The number of hydrogen-bond acceptors (Lipinski definition) is 5. The Morgan fingerprint density at radius 3 is 3.00 bits per heavy atom. The summed E-state index contributed by atoms with van der Waals surface area (Å²) in [5, 5.41) is 10.3. The maximum absolute atomic E-state index is 10.3. The summed E-state index contributed by atoms with van der Waals surface area (Å²) in [6, 6.07) is 0. The number of β-amino-alcohol motifs (C(OH)–C–C–N with tert-alkyl or cyclic N) is 1. The Bertz CT molecular complexity index is 641. The van der Waals surface area contributed by atoms with Crippen molar-refractivity contribution in [3.05, 3.63) is 18.1 Å². The van der Waals surface area contributed by atoms with Gasteiger partial charge < -0.3 is 15.8 Å². The summed E-state index contributed by atoms with van der Waals surface area (Å²) < 4.78 is 0. The van der Waals surface area contributed by atoms with E-state index in [0.717, 1.165) is 42.7 Å². The normalized spacial score (nSPS) is 22.2. The largest absolute Gasteiger partial charge is 0.391 e. The van der Waals surface area contributed by atoms with Crippen molar-refractivity contribution >= 4 is 16.9 Å².